The van der Waals surface area contributed by atoms with Crippen molar-refractivity contribution in [3.05, 3.63) is 66.7 Å². The van der Waals surface area contributed by atoms with Crippen molar-refractivity contribution in [3.8, 4) is 11.1 Å². The van der Waals surface area contributed by atoms with Crippen molar-refractivity contribution in [2.45, 2.75) is 25.8 Å². The summed E-state index contributed by atoms with van der Waals surface area (Å²) in [5.74, 6) is -1.50. The molecule has 3 atom stereocenters. The summed E-state index contributed by atoms with van der Waals surface area (Å²) >= 11 is 0. The van der Waals surface area contributed by atoms with E-state index in [-0.39, 0.29) is 29.6 Å². The van der Waals surface area contributed by atoms with Gasteiger partial charge in [0.05, 0.1) is 11.8 Å². The van der Waals surface area contributed by atoms with Crippen LogP contribution >= 0.6 is 0 Å². The number of imide groups is 1. The number of carbonyl (C=O) groups is 3. The number of allylic oxidation sites excluding steroid dienone is 2. The smallest absolute Gasteiger partial charge is 0.247 e. The van der Waals surface area contributed by atoms with E-state index in [9.17, 15) is 14.4 Å². The first-order chi connectivity index (χ1) is 13.6. The van der Waals surface area contributed by atoms with Crippen LogP contribution in [0.4, 0.5) is 5.69 Å². The topological polar surface area (TPSA) is 66.5 Å². The first kappa shape index (κ1) is 18.2. The van der Waals surface area contributed by atoms with Gasteiger partial charge >= 0.3 is 0 Å². The fourth-order valence-electron chi connectivity index (χ4n) is 4.02. The van der Waals surface area contributed by atoms with Gasteiger partial charge in [-0.05, 0) is 31.4 Å². The van der Waals surface area contributed by atoms with Crippen molar-refractivity contribution >= 4 is 23.4 Å². The Morgan fingerprint density at radius 2 is 1.50 bits per heavy atom. The van der Waals surface area contributed by atoms with E-state index in [0.29, 0.717) is 18.5 Å². The number of hydrogen-bond donors (Lipinski definition) is 1. The summed E-state index contributed by atoms with van der Waals surface area (Å²) < 4.78 is 0. The van der Waals surface area contributed by atoms with Gasteiger partial charge < -0.3 is 5.32 Å². The monoisotopic (exact) mass is 374 g/mol. The van der Waals surface area contributed by atoms with E-state index in [1.165, 1.54) is 0 Å². The summed E-state index contributed by atoms with van der Waals surface area (Å²) in [5.41, 5.74) is 2.53. The van der Waals surface area contributed by atoms with E-state index in [0.717, 1.165) is 16.0 Å². The zero-order chi connectivity index (χ0) is 19.7. The van der Waals surface area contributed by atoms with E-state index in [1.54, 1.807) is 6.92 Å². The van der Waals surface area contributed by atoms with Crippen molar-refractivity contribution < 1.29 is 14.4 Å². The Morgan fingerprint density at radius 3 is 2.14 bits per heavy atom. The van der Waals surface area contributed by atoms with Crippen LogP contribution < -0.4 is 5.32 Å². The van der Waals surface area contributed by atoms with E-state index in [4.69, 9.17) is 0 Å². The molecule has 1 heterocycles. The number of nitrogens with one attached hydrogen (secondary N) is 1. The summed E-state index contributed by atoms with van der Waals surface area (Å²) in [6.07, 6.45) is 5.02. The highest BCUT2D eigenvalue weighted by Crippen LogP contribution is 2.36. The van der Waals surface area contributed by atoms with E-state index in [2.05, 4.69) is 5.32 Å². The highest BCUT2D eigenvalue weighted by Gasteiger charge is 2.50. The Labute approximate surface area is 164 Å². The van der Waals surface area contributed by atoms with Crippen molar-refractivity contribution in [1.82, 2.24) is 4.90 Å². The van der Waals surface area contributed by atoms with Gasteiger partial charge in [-0.2, -0.15) is 0 Å². The molecule has 1 aliphatic heterocycles. The Morgan fingerprint density at radius 1 is 0.929 bits per heavy atom. The molecule has 1 saturated heterocycles. The third-order valence-electron chi connectivity index (χ3n) is 5.58. The minimum Gasteiger partial charge on any atom is -0.324 e. The van der Waals surface area contributed by atoms with Crippen LogP contribution in [0.1, 0.15) is 19.8 Å². The highest BCUT2D eigenvalue weighted by molar-refractivity contribution is 6.10. The molecule has 2 aliphatic rings. The largest absolute Gasteiger partial charge is 0.324 e. The summed E-state index contributed by atoms with van der Waals surface area (Å²) in [7, 11) is 0. The van der Waals surface area contributed by atoms with Crippen LogP contribution in [0, 0.1) is 11.8 Å². The summed E-state index contributed by atoms with van der Waals surface area (Å²) in [6.45, 7) is 1.61. The molecular weight excluding hydrogens is 352 g/mol. The molecule has 1 N–H and O–H groups in total. The molecule has 0 spiro atoms. The average molecular weight is 374 g/mol. The number of fused-ring (bicyclic) bond motifs is 1. The van der Waals surface area contributed by atoms with Crippen LogP contribution in [-0.2, 0) is 14.4 Å². The molecule has 5 nitrogen and oxygen atoms in total. The van der Waals surface area contributed by atoms with Crippen molar-refractivity contribution in [2.75, 3.05) is 5.32 Å². The minimum atomic E-state index is -0.852. The number of benzene rings is 2. The number of amides is 3. The van der Waals surface area contributed by atoms with Gasteiger partial charge in [0, 0.05) is 11.3 Å². The molecule has 0 radical (unpaired) electrons. The predicted octanol–water partition coefficient (Wildman–Crippen LogP) is 3.63. The normalized spacial score (nSPS) is 22.1. The van der Waals surface area contributed by atoms with Gasteiger partial charge in [-0.1, -0.05) is 60.7 Å². The number of rotatable bonds is 4. The zero-order valence-electron chi connectivity index (χ0n) is 15.7. The van der Waals surface area contributed by atoms with Gasteiger partial charge in [-0.25, -0.2) is 0 Å². The van der Waals surface area contributed by atoms with Gasteiger partial charge in [0.25, 0.3) is 0 Å². The van der Waals surface area contributed by atoms with Crippen LogP contribution in [0.25, 0.3) is 11.1 Å². The number of anilines is 1. The molecular formula is C23H22N2O3. The molecule has 0 aromatic heterocycles. The quantitative estimate of drug-likeness (QED) is 0.656. The summed E-state index contributed by atoms with van der Waals surface area (Å²) in [6, 6.07) is 16.4. The lowest BCUT2D eigenvalue weighted by molar-refractivity contribution is -0.146. The van der Waals surface area contributed by atoms with Gasteiger partial charge in [0.15, 0.2) is 0 Å². The number of hydrogen-bond acceptors (Lipinski definition) is 3. The number of likely N-dealkylation sites (tertiary alicyclic amines) is 1. The Kier molecular flexibility index (Phi) is 4.82. The fourth-order valence-corrected chi connectivity index (χ4v) is 4.02. The maximum Gasteiger partial charge on any atom is 0.247 e. The highest BCUT2D eigenvalue weighted by atomic mass is 16.2. The first-order valence-corrected chi connectivity index (χ1v) is 9.55. The predicted molar refractivity (Wildman–Crippen MR) is 107 cm³/mol. The summed E-state index contributed by atoms with van der Waals surface area (Å²) in [4.78, 5) is 39.5. The molecule has 1 fully saturated rings. The van der Waals surface area contributed by atoms with Gasteiger partial charge in [0.2, 0.25) is 17.7 Å². The standard InChI is InChI=1S/C23H22N2O3/c1-15(25-22(27)18-12-5-6-13-19(18)23(25)28)21(26)24-20-14-8-7-11-17(20)16-9-3-2-4-10-16/h2-11,14-15,18-19H,12-13H2,1H3,(H,24,26)/t15-,18-,19+/m0/s1. The first-order valence-electron chi connectivity index (χ1n) is 9.55. The van der Waals surface area contributed by atoms with Crippen molar-refractivity contribution in [1.29, 1.82) is 0 Å². The fraction of sp³-hybridized carbons (Fsp3) is 0.261. The van der Waals surface area contributed by atoms with E-state index in [1.807, 2.05) is 66.7 Å². The molecule has 2 aromatic rings. The second-order valence-electron chi connectivity index (χ2n) is 7.28. The Balaban J connectivity index is 1.55. The Bertz CT molecular complexity index is 925. The number of carbonyl (C=O) groups excluding carboxylic acids is 3. The van der Waals surface area contributed by atoms with Crippen LogP contribution in [0.3, 0.4) is 0 Å². The average Bonchev–Trinajstić information content (AvgIpc) is 2.99. The lowest BCUT2D eigenvalue weighted by Gasteiger charge is -2.23. The van der Waals surface area contributed by atoms with Crippen LogP contribution in [0.2, 0.25) is 0 Å². The number of para-hydroxylation sites is 1. The molecule has 3 amide bonds. The van der Waals surface area contributed by atoms with Crippen LogP contribution in [-0.4, -0.2) is 28.7 Å². The maximum atomic E-state index is 12.9. The van der Waals surface area contributed by atoms with Gasteiger partial charge in [0.1, 0.15) is 6.04 Å². The molecule has 0 unspecified atom stereocenters. The zero-order valence-corrected chi connectivity index (χ0v) is 15.7. The van der Waals surface area contributed by atoms with Crippen molar-refractivity contribution in [2.24, 2.45) is 11.8 Å². The molecule has 0 bridgehead atoms. The third kappa shape index (κ3) is 3.13. The van der Waals surface area contributed by atoms with Gasteiger partial charge in [-0.15, -0.1) is 0 Å². The van der Waals surface area contributed by atoms with E-state index < -0.39 is 6.04 Å². The molecule has 1 aliphatic carbocycles. The second kappa shape index (κ2) is 7.43. The van der Waals surface area contributed by atoms with Crippen LogP contribution in [0.5, 0.6) is 0 Å². The summed E-state index contributed by atoms with van der Waals surface area (Å²) in [5, 5.41) is 2.91. The van der Waals surface area contributed by atoms with Crippen molar-refractivity contribution in [3.63, 3.8) is 0 Å². The van der Waals surface area contributed by atoms with Gasteiger partial charge in [-0.3, -0.25) is 19.3 Å². The third-order valence-corrected chi connectivity index (χ3v) is 5.58. The molecule has 5 heteroatoms. The molecule has 4 rings (SSSR count). The molecule has 2 aromatic carbocycles. The Hall–Kier alpha value is -3.21. The lowest BCUT2D eigenvalue weighted by Crippen LogP contribution is -2.46. The lowest BCUT2D eigenvalue weighted by atomic mass is 9.85. The van der Waals surface area contributed by atoms with E-state index >= 15 is 0 Å². The maximum absolute atomic E-state index is 12.9. The minimum absolute atomic E-state index is 0.238. The molecule has 0 saturated carbocycles. The van der Waals surface area contributed by atoms with Crippen LogP contribution in [0.15, 0.2) is 66.7 Å². The SMILES string of the molecule is C[C@@H](C(=O)Nc1ccccc1-c1ccccc1)N1C(=O)[C@H]2CC=CC[C@H]2C1=O. The number of nitrogens with zero attached hydrogens (tertiary/aromatic N) is 1. The molecule has 142 valence electrons. The second-order valence-corrected chi connectivity index (χ2v) is 7.28. The molecule has 28 heavy (non-hydrogen) atoms.